The molecule has 0 saturated carbocycles. The van der Waals surface area contributed by atoms with Gasteiger partial charge in [-0.15, -0.1) is 11.3 Å². The number of rotatable bonds is 16. The smallest absolute Gasteiger partial charge is 0.271 e. The lowest BCUT2D eigenvalue weighted by Crippen LogP contribution is -2.17. The third-order valence-corrected chi connectivity index (χ3v) is 8.96. The average molecular weight is 778 g/mol. The van der Waals surface area contributed by atoms with E-state index in [1.807, 2.05) is 122 Å². The van der Waals surface area contributed by atoms with Crippen LogP contribution < -0.4 is 29.7 Å². The number of carbonyl (C=O) groups is 1. The second-order valence-corrected chi connectivity index (χ2v) is 13.1. The first-order valence-electron chi connectivity index (χ1n) is 16.7. The number of halogens is 1. The molecule has 0 aliphatic carbocycles. The number of para-hydroxylation sites is 1. The molecule has 0 spiro atoms. The maximum absolute atomic E-state index is 12.9. The Bertz CT molecular complexity index is 2110. The van der Waals surface area contributed by atoms with E-state index in [-0.39, 0.29) is 12.5 Å². The number of aromatic nitrogens is 1. The van der Waals surface area contributed by atoms with E-state index in [2.05, 4.69) is 36.8 Å². The van der Waals surface area contributed by atoms with Gasteiger partial charge < -0.3 is 24.3 Å². The Hall–Kier alpha value is -5.65. The van der Waals surface area contributed by atoms with Gasteiger partial charge in [-0.1, -0.05) is 66.7 Å². The lowest BCUT2D eigenvalue weighted by atomic mass is 10.1. The molecule has 1 heterocycles. The summed E-state index contributed by atoms with van der Waals surface area (Å²) in [5.74, 6) is 2.07. The first-order chi connectivity index (χ1) is 25.5. The molecule has 0 atom stereocenters. The van der Waals surface area contributed by atoms with Crippen LogP contribution in [-0.4, -0.2) is 30.3 Å². The highest BCUT2D eigenvalue weighted by molar-refractivity contribution is 9.10. The van der Waals surface area contributed by atoms with Crippen molar-refractivity contribution in [2.24, 2.45) is 5.10 Å². The zero-order valence-electron chi connectivity index (χ0n) is 28.7. The minimum Gasteiger partial charge on any atom is -0.490 e. The summed E-state index contributed by atoms with van der Waals surface area (Å²) in [4.78, 5) is 17.5. The van der Waals surface area contributed by atoms with E-state index in [1.165, 1.54) is 11.3 Å². The molecule has 0 saturated heterocycles. The topological polar surface area (TPSA) is 103 Å². The summed E-state index contributed by atoms with van der Waals surface area (Å²) in [6, 6.07) is 36.6. The molecule has 0 radical (unpaired) electrons. The lowest BCUT2D eigenvalue weighted by Gasteiger charge is -2.16. The van der Waals surface area contributed by atoms with Gasteiger partial charge in [0.25, 0.3) is 5.91 Å². The number of hydrogen-bond donors (Lipinski definition) is 2. The normalized spacial score (nSPS) is 10.9. The SMILES string of the molecule is CCOc1cc(COc2c(Br)cc(/C=N/NC(=O)c3ccc(-c4csc(Nc5ccccc5)n4)cc3)cc2OCC)ccc1OCc1ccccc1. The number of carbonyl (C=O) groups excluding carboxylic acids is 1. The number of hydrazone groups is 1. The standard InChI is InChI=1S/C41H37BrN4O5S/c1-3-48-37-22-29(15-20-36(37)50-25-28-11-7-5-8-12-28)26-51-39-34(42)21-30(23-38(39)49-4-2)24-43-46-40(47)32-18-16-31(17-19-32)35-27-52-41(45-35)44-33-13-9-6-10-14-33/h5-24,27H,3-4,25-26H2,1-2H3,(H,44,45)(H,46,47)/b43-24+. The molecule has 11 heteroatoms. The molecule has 2 N–H and O–H groups in total. The average Bonchev–Trinajstić information content (AvgIpc) is 3.63. The molecule has 1 amide bonds. The number of ether oxygens (including phenoxy) is 4. The van der Waals surface area contributed by atoms with Crippen molar-refractivity contribution in [2.45, 2.75) is 27.1 Å². The van der Waals surface area contributed by atoms with Crippen molar-refractivity contribution in [3.63, 3.8) is 0 Å². The molecule has 0 aliphatic heterocycles. The second-order valence-electron chi connectivity index (χ2n) is 11.3. The molecule has 0 fully saturated rings. The van der Waals surface area contributed by atoms with Crippen molar-refractivity contribution >= 4 is 50.2 Å². The molecule has 264 valence electrons. The van der Waals surface area contributed by atoms with E-state index in [9.17, 15) is 4.79 Å². The van der Waals surface area contributed by atoms with Crippen LogP contribution in [0.2, 0.25) is 0 Å². The monoisotopic (exact) mass is 776 g/mol. The molecule has 0 bridgehead atoms. The summed E-state index contributed by atoms with van der Waals surface area (Å²) in [5.41, 5.74) is 8.48. The Kier molecular flexibility index (Phi) is 12.5. The Balaban J connectivity index is 1.06. The number of nitrogens with one attached hydrogen (secondary N) is 2. The molecule has 5 aromatic carbocycles. The molecule has 1 aromatic heterocycles. The molecule has 6 rings (SSSR count). The number of anilines is 2. The molecule has 9 nitrogen and oxygen atoms in total. The minimum atomic E-state index is -0.334. The fourth-order valence-corrected chi connectivity index (χ4v) is 6.43. The first kappa shape index (κ1) is 36.2. The number of hydrogen-bond acceptors (Lipinski definition) is 9. The molecule has 6 aromatic rings. The van der Waals surface area contributed by atoms with Gasteiger partial charge in [-0.25, -0.2) is 10.4 Å². The first-order valence-corrected chi connectivity index (χ1v) is 18.4. The minimum absolute atomic E-state index is 0.272. The summed E-state index contributed by atoms with van der Waals surface area (Å²) in [7, 11) is 0. The van der Waals surface area contributed by atoms with Crippen molar-refractivity contribution in [2.75, 3.05) is 18.5 Å². The highest BCUT2D eigenvalue weighted by Gasteiger charge is 2.14. The number of nitrogens with zero attached hydrogens (tertiary/aromatic N) is 2. The molecule has 0 unspecified atom stereocenters. The Morgan fingerprint density at radius 1 is 0.769 bits per heavy atom. The number of thiazole rings is 1. The Morgan fingerprint density at radius 2 is 1.48 bits per heavy atom. The van der Waals surface area contributed by atoms with Crippen LogP contribution in [0.15, 0.2) is 130 Å². The second kappa shape index (κ2) is 18.0. The summed E-state index contributed by atoms with van der Waals surface area (Å²) in [5, 5.41) is 10.3. The van der Waals surface area contributed by atoms with Gasteiger partial charge >= 0.3 is 0 Å². The third kappa shape index (κ3) is 9.77. The third-order valence-electron chi connectivity index (χ3n) is 7.61. The lowest BCUT2D eigenvalue weighted by molar-refractivity contribution is 0.0955. The van der Waals surface area contributed by atoms with E-state index in [0.29, 0.717) is 58.4 Å². The number of amides is 1. The molecular formula is C41H37BrN4O5S. The van der Waals surface area contributed by atoms with Gasteiger partial charge in [-0.2, -0.15) is 5.10 Å². The Morgan fingerprint density at radius 3 is 2.23 bits per heavy atom. The van der Waals surface area contributed by atoms with E-state index in [1.54, 1.807) is 18.3 Å². The molecule has 52 heavy (non-hydrogen) atoms. The zero-order valence-corrected chi connectivity index (χ0v) is 31.1. The van der Waals surface area contributed by atoms with Gasteiger partial charge in [0.15, 0.2) is 28.1 Å². The van der Waals surface area contributed by atoms with Crippen LogP contribution in [-0.2, 0) is 13.2 Å². The highest BCUT2D eigenvalue weighted by Crippen LogP contribution is 2.38. The number of benzene rings is 5. The maximum atomic E-state index is 12.9. The van der Waals surface area contributed by atoms with Gasteiger partial charge in [0.05, 0.1) is 29.6 Å². The van der Waals surface area contributed by atoms with E-state index in [0.717, 1.165) is 33.2 Å². The van der Waals surface area contributed by atoms with Gasteiger partial charge in [-0.3, -0.25) is 4.79 Å². The zero-order chi connectivity index (χ0) is 36.1. The largest absolute Gasteiger partial charge is 0.490 e. The van der Waals surface area contributed by atoms with Gasteiger partial charge in [0, 0.05) is 22.2 Å². The molecular weight excluding hydrogens is 740 g/mol. The predicted molar refractivity (Wildman–Crippen MR) is 210 cm³/mol. The van der Waals surface area contributed by atoms with Crippen LogP contribution >= 0.6 is 27.3 Å². The summed E-state index contributed by atoms with van der Waals surface area (Å²) in [6.07, 6.45) is 1.56. The van der Waals surface area contributed by atoms with Crippen LogP contribution in [0.4, 0.5) is 10.8 Å². The highest BCUT2D eigenvalue weighted by atomic mass is 79.9. The van der Waals surface area contributed by atoms with Crippen molar-refractivity contribution in [3.8, 4) is 34.3 Å². The van der Waals surface area contributed by atoms with Gasteiger partial charge in [0.1, 0.15) is 13.2 Å². The molecule has 0 aliphatic rings. The fourth-order valence-electron chi connectivity index (χ4n) is 5.12. The van der Waals surface area contributed by atoms with Crippen LogP contribution in [0.5, 0.6) is 23.0 Å². The van der Waals surface area contributed by atoms with Gasteiger partial charge in [0.2, 0.25) is 0 Å². The Labute approximate surface area is 315 Å². The van der Waals surface area contributed by atoms with Crippen LogP contribution in [0.25, 0.3) is 11.3 Å². The van der Waals surface area contributed by atoms with Crippen molar-refractivity contribution < 1.29 is 23.7 Å². The maximum Gasteiger partial charge on any atom is 0.271 e. The van der Waals surface area contributed by atoms with E-state index >= 15 is 0 Å². The van der Waals surface area contributed by atoms with Gasteiger partial charge in [-0.05, 0) is 95.0 Å². The summed E-state index contributed by atoms with van der Waals surface area (Å²) in [6.45, 7) is 5.49. The summed E-state index contributed by atoms with van der Waals surface area (Å²) < 4.78 is 24.8. The van der Waals surface area contributed by atoms with E-state index in [4.69, 9.17) is 18.9 Å². The predicted octanol–water partition coefficient (Wildman–Crippen LogP) is 10.0. The van der Waals surface area contributed by atoms with Crippen LogP contribution in [0.1, 0.15) is 40.9 Å². The van der Waals surface area contributed by atoms with Crippen molar-refractivity contribution in [1.29, 1.82) is 0 Å². The quantitative estimate of drug-likeness (QED) is 0.0745. The van der Waals surface area contributed by atoms with Crippen molar-refractivity contribution in [1.82, 2.24) is 10.4 Å². The summed E-state index contributed by atoms with van der Waals surface area (Å²) >= 11 is 5.15. The van der Waals surface area contributed by atoms with E-state index < -0.39 is 0 Å². The fraction of sp³-hybridized carbons (Fsp3) is 0.146. The van der Waals surface area contributed by atoms with Crippen molar-refractivity contribution in [3.05, 3.63) is 147 Å². The van der Waals surface area contributed by atoms with Crippen LogP contribution in [0, 0.1) is 0 Å². The van der Waals surface area contributed by atoms with Crippen LogP contribution in [0.3, 0.4) is 0 Å².